The Morgan fingerprint density at radius 1 is 1.46 bits per heavy atom. The highest BCUT2D eigenvalue weighted by Gasteiger charge is 2.61. The summed E-state index contributed by atoms with van der Waals surface area (Å²) in [6, 6.07) is 0. The molecule has 2 atom stereocenters. The Kier molecular flexibility index (Phi) is 2.66. The molecule has 0 saturated heterocycles. The fraction of sp³-hybridized carbons (Fsp3) is 0.900. The van der Waals surface area contributed by atoms with Gasteiger partial charge in [-0.3, -0.25) is 4.79 Å². The molecule has 1 aliphatic carbocycles. The van der Waals surface area contributed by atoms with Gasteiger partial charge in [0.05, 0.1) is 5.92 Å². The maximum Gasteiger partial charge on any atom is 0.307 e. The largest absolute Gasteiger partial charge is 0.481 e. The van der Waals surface area contributed by atoms with Crippen LogP contribution in [-0.4, -0.2) is 36.6 Å². The third-order valence-corrected chi connectivity index (χ3v) is 3.20. The summed E-state index contributed by atoms with van der Waals surface area (Å²) in [4.78, 5) is 12.9. The van der Waals surface area contributed by atoms with Crippen LogP contribution in [0.1, 0.15) is 20.3 Å². The van der Waals surface area contributed by atoms with Gasteiger partial charge in [0.15, 0.2) is 0 Å². The van der Waals surface area contributed by atoms with E-state index in [-0.39, 0.29) is 11.3 Å². The maximum atomic E-state index is 10.8. The number of hydrogen-bond acceptors (Lipinski definition) is 2. The summed E-state index contributed by atoms with van der Waals surface area (Å²) in [5, 5.41) is 8.91. The van der Waals surface area contributed by atoms with Crippen molar-refractivity contribution in [1.29, 1.82) is 0 Å². The zero-order chi connectivity index (χ0) is 10.2. The summed E-state index contributed by atoms with van der Waals surface area (Å²) in [6.45, 7) is 5.08. The van der Waals surface area contributed by atoms with Gasteiger partial charge < -0.3 is 10.0 Å². The smallest absolute Gasteiger partial charge is 0.307 e. The number of carboxylic acid groups (broad SMARTS) is 1. The van der Waals surface area contributed by atoms with Gasteiger partial charge >= 0.3 is 5.97 Å². The summed E-state index contributed by atoms with van der Waals surface area (Å²) in [5.74, 6) is -0.381. The first kappa shape index (κ1) is 10.5. The molecule has 13 heavy (non-hydrogen) atoms. The Morgan fingerprint density at radius 3 is 2.31 bits per heavy atom. The quantitative estimate of drug-likeness (QED) is 0.717. The third kappa shape index (κ3) is 2.02. The molecule has 0 spiro atoms. The van der Waals surface area contributed by atoms with Crippen LogP contribution >= 0.6 is 0 Å². The van der Waals surface area contributed by atoms with E-state index in [0.29, 0.717) is 5.92 Å². The van der Waals surface area contributed by atoms with Gasteiger partial charge in [0.1, 0.15) is 0 Å². The van der Waals surface area contributed by atoms with E-state index in [1.165, 1.54) is 0 Å². The van der Waals surface area contributed by atoms with Crippen LogP contribution in [0.15, 0.2) is 0 Å². The van der Waals surface area contributed by atoms with E-state index in [0.717, 1.165) is 13.0 Å². The van der Waals surface area contributed by atoms with Crippen molar-refractivity contribution in [3.05, 3.63) is 0 Å². The van der Waals surface area contributed by atoms with E-state index in [9.17, 15) is 4.79 Å². The summed E-state index contributed by atoms with van der Waals surface area (Å²) in [6.07, 6.45) is 0.997. The number of carboxylic acids is 1. The second-order valence-electron chi connectivity index (χ2n) is 4.84. The molecule has 1 saturated carbocycles. The van der Waals surface area contributed by atoms with Crippen molar-refractivity contribution < 1.29 is 9.90 Å². The van der Waals surface area contributed by atoms with E-state index in [1.807, 2.05) is 27.9 Å². The summed E-state index contributed by atoms with van der Waals surface area (Å²) >= 11 is 0. The van der Waals surface area contributed by atoms with Crippen molar-refractivity contribution in [3.63, 3.8) is 0 Å². The van der Waals surface area contributed by atoms with Crippen LogP contribution in [0.5, 0.6) is 0 Å². The van der Waals surface area contributed by atoms with Gasteiger partial charge in [-0.05, 0) is 38.4 Å². The average molecular weight is 185 g/mol. The molecular formula is C10H19NO2. The Bertz CT molecular complexity index is 211. The minimum Gasteiger partial charge on any atom is -0.481 e. The molecule has 0 unspecified atom stereocenters. The number of aliphatic carboxylic acids is 1. The van der Waals surface area contributed by atoms with Crippen molar-refractivity contribution in [2.24, 2.45) is 17.3 Å². The molecule has 0 bridgehead atoms. The SMILES string of the molecule is CN(C)CC[C@@H]1[C@@H](C(=O)O)C1(C)C. The Labute approximate surface area is 79.7 Å². The number of carbonyl (C=O) groups is 1. The molecule has 1 aliphatic rings. The molecule has 3 nitrogen and oxygen atoms in total. The topological polar surface area (TPSA) is 40.5 Å². The first-order valence-corrected chi connectivity index (χ1v) is 4.75. The van der Waals surface area contributed by atoms with E-state index in [2.05, 4.69) is 4.90 Å². The van der Waals surface area contributed by atoms with E-state index in [1.54, 1.807) is 0 Å². The van der Waals surface area contributed by atoms with Crippen molar-refractivity contribution in [2.45, 2.75) is 20.3 Å². The van der Waals surface area contributed by atoms with Crippen LogP contribution in [0.25, 0.3) is 0 Å². The van der Waals surface area contributed by atoms with Crippen molar-refractivity contribution in [3.8, 4) is 0 Å². The number of nitrogens with zero attached hydrogens (tertiary/aromatic N) is 1. The molecule has 0 aromatic rings. The third-order valence-electron chi connectivity index (χ3n) is 3.20. The lowest BCUT2D eigenvalue weighted by Gasteiger charge is -2.09. The predicted molar refractivity (Wildman–Crippen MR) is 51.6 cm³/mol. The van der Waals surface area contributed by atoms with Gasteiger partial charge in [0.25, 0.3) is 0 Å². The maximum absolute atomic E-state index is 10.8. The van der Waals surface area contributed by atoms with Gasteiger partial charge in [-0.1, -0.05) is 13.8 Å². The lowest BCUT2D eigenvalue weighted by Crippen LogP contribution is -2.14. The summed E-state index contributed by atoms with van der Waals surface area (Å²) in [7, 11) is 4.04. The molecule has 0 radical (unpaired) electrons. The van der Waals surface area contributed by atoms with Gasteiger partial charge in [-0.15, -0.1) is 0 Å². The Morgan fingerprint density at radius 2 is 2.00 bits per heavy atom. The van der Waals surface area contributed by atoms with Crippen LogP contribution in [0, 0.1) is 17.3 Å². The van der Waals surface area contributed by atoms with Gasteiger partial charge in [-0.2, -0.15) is 0 Å². The Balaban J connectivity index is 2.42. The zero-order valence-electron chi connectivity index (χ0n) is 8.87. The highest BCUT2D eigenvalue weighted by Crippen LogP contribution is 2.59. The van der Waals surface area contributed by atoms with Gasteiger partial charge in [-0.25, -0.2) is 0 Å². The highest BCUT2D eigenvalue weighted by atomic mass is 16.4. The second kappa shape index (κ2) is 3.29. The van der Waals surface area contributed by atoms with Crippen molar-refractivity contribution in [2.75, 3.05) is 20.6 Å². The van der Waals surface area contributed by atoms with Crippen LogP contribution in [0.3, 0.4) is 0 Å². The molecule has 1 N–H and O–H groups in total. The molecule has 1 fully saturated rings. The monoisotopic (exact) mass is 185 g/mol. The lowest BCUT2D eigenvalue weighted by molar-refractivity contribution is -0.139. The molecule has 76 valence electrons. The van der Waals surface area contributed by atoms with E-state index in [4.69, 9.17) is 5.11 Å². The predicted octanol–water partition coefficient (Wildman–Crippen LogP) is 1.29. The molecule has 1 rings (SSSR count). The van der Waals surface area contributed by atoms with Crippen LogP contribution in [0.2, 0.25) is 0 Å². The number of hydrogen-bond donors (Lipinski definition) is 1. The van der Waals surface area contributed by atoms with Crippen LogP contribution in [-0.2, 0) is 4.79 Å². The molecule has 0 amide bonds. The van der Waals surface area contributed by atoms with E-state index >= 15 is 0 Å². The summed E-state index contributed by atoms with van der Waals surface area (Å²) in [5.41, 5.74) is 0.0157. The molecule has 0 aliphatic heterocycles. The zero-order valence-corrected chi connectivity index (χ0v) is 8.87. The molecule has 0 aromatic carbocycles. The van der Waals surface area contributed by atoms with Crippen molar-refractivity contribution >= 4 is 5.97 Å². The fourth-order valence-electron chi connectivity index (χ4n) is 2.17. The minimum absolute atomic E-state index is 0.0157. The summed E-state index contributed by atoms with van der Waals surface area (Å²) < 4.78 is 0. The first-order chi connectivity index (χ1) is 5.87. The second-order valence-corrected chi connectivity index (χ2v) is 4.84. The van der Waals surface area contributed by atoms with E-state index < -0.39 is 5.97 Å². The van der Waals surface area contributed by atoms with Gasteiger partial charge in [0.2, 0.25) is 0 Å². The molecule has 0 heterocycles. The normalized spacial score (nSPS) is 30.5. The standard InChI is InChI=1S/C10H19NO2/c1-10(2)7(5-6-11(3)4)8(10)9(12)13/h7-8H,5-6H2,1-4H3,(H,12,13)/t7-,8+/m1/s1. The van der Waals surface area contributed by atoms with Gasteiger partial charge in [0, 0.05) is 0 Å². The van der Waals surface area contributed by atoms with Crippen LogP contribution in [0.4, 0.5) is 0 Å². The highest BCUT2D eigenvalue weighted by molar-refractivity contribution is 5.75. The lowest BCUT2D eigenvalue weighted by atomic mass is 10.1. The Hall–Kier alpha value is -0.570. The van der Waals surface area contributed by atoms with Crippen molar-refractivity contribution in [1.82, 2.24) is 4.90 Å². The molecule has 3 heteroatoms. The van der Waals surface area contributed by atoms with Crippen LogP contribution < -0.4 is 0 Å². The minimum atomic E-state index is -0.631. The average Bonchev–Trinajstić information content (AvgIpc) is 2.48. The first-order valence-electron chi connectivity index (χ1n) is 4.75. The fourth-order valence-corrected chi connectivity index (χ4v) is 2.17. The molecule has 0 aromatic heterocycles. The number of rotatable bonds is 4. The molecular weight excluding hydrogens is 166 g/mol.